The van der Waals surface area contributed by atoms with Crippen LogP contribution in [-0.4, -0.2) is 34.0 Å². The first kappa shape index (κ1) is 11.4. The van der Waals surface area contributed by atoms with Crippen molar-refractivity contribution in [3.05, 3.63) is 0 Å². The molecule has 0 aromatic rings. The highest BCUT2D eigenvalue weighted by atomic mass is 35.7. The van der Waals surface area contributed by atoms with Gasteiger partial charge in [0.1, 0.15) is 6.10 Å². The first-order chi connectivity index (χ1) is 5.79. The molecule has 1 saturated heterocycles. The van der Waals surface area contributed by atoms with Gasteiger partial charge in [-0.3, -0.25) is 13.2 Å². The highest BCUT2D eigenvalue weighted by molar-refractivity contribution is 7.86. The van der Waals surface area contributed by atoms with E-state index in [1.165, 1.54) is 0 Å². The lowest BCUT2D eigenvalue weighted by atomic mass is 10.4. The minimum atomic E-state index is -3.55. The molecule has 0 radical (unpaired) electrons. The van der Waals surface area contributed by atoms with Crippen molar-refractivity contribution in [1.82, 2.24) is 0 Å². The van der Waals surface area contributed by atoms with Crippen LogP contribution in [0.25, 0.3) is 0 Å². The van der Waals surface area contributed by atoms with E-state index in [0.717, 1.165) is 6.26 Å². The van der Waals surface area contributed by atoms with Crippen LogP contribution in [0, 0.1) is 0 Å². The van der Waals surface area contributed by atoms with E-state index in [9.17, 15) is 13.0 Å². The summed E-state index contributed by atoms with van der Waals surface area (Å²) >= 11 is 5.21. The molecule has 1 heterocycles. The largest absolute Gasteiger partial charge is 0.424 e. The molecule has 0 spiro atoms. The van der Waals surface area contributed by atoms with Gasteiger partial charge in [0.25, 0.3) is 10.1 Å². The van der Waals surface area contributed by atoms with Crippen molar-refractivity contribution in [3.8, 4) is 0 Å². The van der Waals surface area contributed by atoms with E-state index in [4.69, 9.17) is 11.2 Å². The third-order valence-electron chi connectivity index (χ3n) is 1.14. The molecule has 0 saturated carbocycles. The van der Waals surface area contributed by atoms with Gasteiger partial charge in [0.2, 0.25) is 0 Å². The van der Waals surface area contributed by atoms with Gasteiger partial charge in [-0.1, -0.05) is 0 Å². The van der Waals surface area contributed by atoms with Crippen LogP contribution in [0.15, 0.2) is 0 Å². The van der Waals surface area contributed by atoms with E-state index < -0.39 is 23.2 Å². The molecule has 13 heavy (non-hydrogen) atoms. The van der Waals surface area contributed by atoms with Crippen LogP contribution in [0.2, 0.25) is 0 Å². The summed E-state index contributed by atoms with van der Waals surface area (Å²) in [6.07, 6.45) is 0.123. The Morgan fingerprint density at radius 2 is 1.92 bits per heavy atom. The van der Waals surface area contributed by atoms with Crippen molar-refractivity contribution in [2.45, 2.75) is 6.10 Å². The van der Waals surface area contributed by atoms with E-state index in [-0.39, 0.29) is 13.2 Å². The molecular formula is C4H8ClO6PS. The van der Waals surface area contributed by atoms with Gasteiger partial charge in [-0.2, -0.15) is 8.42 Å². The second-order valence-corrected chi connectivity index (χ2v) is 6.66. The average Bonchev–Trinajstić information content (AvgIpc) is 1.91. The molecule has 9 heteroatoms. The molecule has 0 atom stereocenters. The number of rotatable bonds is 2. The molecular weight excluding hydrogens is 243 g/mol. The van der Waals surface area contributed by atoms with Crippen LogP contribution in [0.3, 0.4) is 0 Å². The summed E-state index contributed by atoms with van der Waals surface area (Å²) in [5.41, 5.74) is 0. The van der Waals surface area contributed by atoms with Gasteiger partial charge in [-0.25, -0.2) is 4.57 Å². The van der Waals surface area contributed by atoms with Crippen LogP contribution in [0.1, 0.15) is 0 Å². The quantitative estimate of drug-likeness (QED) is 0.531. The summed E-state index contributed by atoms with van der Waals surface area (Å²) in [5.74, 6) is 0. The Bertz CT molecular complexity index is 314. The maximum absolute atomic E-state index is 10.9. The standard InChI is InChI=1S/C4H8ClO6PS/c1-13(7,8)11-4-2-9-12(5,6)10-3-4/h4H,2-3H2,1H3. The third kappa shape index (κ3) is 4.39. The molecule has 0 aromatic carbocycles. The SMILES string of the molecule is CS(=O)(=O)OC1COP(=O)(Cl)OC1. The van der Waals surface area contributed by atoms with Crippen LogP contribution in [-0.2, 0) is 27.9 Å². The van der Waals surface area contributed by atoms with E-state index >= 15 is 0 Å². The second kappa shape index (κ2) is 3.84. The van der Waals surface area contributed by atoms with E-state index in [2.05, 4.69) is 13.2 Å². The zero-order valence-corrected chi connectivity index (χ0v) is 9.14. The van der Waals surface area contributed by atoms with E-state index in [1.807, 2.05) is 0 Å². The molecule has 0 amide bonds. The Morgan fingerprint density at radius 1 is 1.46 bits per heavy atom. The Balaban J connectivity index is 2.47. The second-order valence-electron chi connectivity index (χ2n) is 2.44. The first-order valence-electron chi connectivity index (χ1n) is 3.25. The summed E-state index contributed by atoms with van der Waals surface area (Å²) in [6.45, 7) is -3.81. The fraction of sp³-hybridized carbons (Fsp3) is 1.00. The zero-order valence-electron chi connectivity index (χ0n) is 6.67. The van der Waals surface area contributed by atoms with Gasteiger partial charge in [-0.15, -0.1) is 0 Å². The Kier molecular flexibility index (Phi) is 3.38. The molecule has 6 nitrogen and oxygen atoms in total. The highest BCUT2D eigenvalue weighted by Gasteiger charge is 2.32. The summed E-state index contributed by atoms with van der Waals surface area (Å²) in [5, 5.41) is 0. The molecule has 0 N–H and O–H groups in total. The Hall–Kier alpha value is 0.350. The van der Waals surface area contributed by atoms with Gasteiger partial charge in [-0.05, 0) is 0 Å². The normalized spacial score (nSPS) is 36.0. The highest BCUT2D eigenvalue weighted by Crippen LogP contribution is 2.55. The van der Waals surface area contributed by atoms with Crippen molar-refractivity contribution < 1.29 is 26.2 Å². The Labute approximate surface area is 80.6 Å². The lowest BCUT2D eigenvalue weighted by Gasteiger charge is -2.23. The molecule has 78 valence electrons. The molecule has 1 aliphatic rings. The fourth-order valence-electron chi connectivity index (χ4n) is 0.732. The minimum absolute atomic E-state index is 0.159. The van der Waals surface area contributed by atoms with E-state index in [1.54, 1.807) is 0 Å². The average molecular weight is 251 g/mol. The molecule has 0 aromatic heterocycles. The smallest absolute Gasteiger partial charge is 0.294 e. The van der Waals surface area contributed by atoms with Crippen LogP contribution < -0.4 is 0 Å². The number of hydrogen-bond acceptors (Lipinski definition) is 6. The van der Waals surface area contributed by atoms with Gasteiger partial charge >= 0.3 is 6.95 Å². The predicted molar refractivity (Wildman–Crippen MR) is 45.1 cm³/mol. The summed E-state index contributed by atoms with van der Waals surface area (Å²) in [6, 6.07) is 0. The predicted octanol–water partition coefficient (Wildman–Crippen LogP) is 0.725. The zero-order chi connectivity index (χ0) is 10.1. The van der Waals surface area contributed by atoms with Gasteiger partial charge in [0, 0.05) is 11.2 Å². The van der Waals surface area contributed by atoms with Crippen LogP contribution >= 0.6 is 18.2 Å². The summed E-state index contributed by atoms with van der Waals surface area (Å²) in [4.78, 5) is 0. The molecule has 0 aliphatic carbocycles. The third-order valence-corrected chi connectivity index (χ3v) is 3.26. The minimum Gasteiger partial charge on any atom is -0.294 e. The number of halogens is 1. The molecule has 1 rings (SSSR count). The monoisotopic (exact) mass is 250 g/mol. The van der Waals surface area contributed by atoms with Crippen molar-refractivity contribution in [3.63, 3.8) is 0 Å². The molecule has 0 bridgehead atoms. The Morgan fingerprint density at radius 3 is 2.31 bits per heavy atom. The van der Waals surface area contributed by atoms with Gasteiger partial charge in [0.05, 0.1) is 19.5 Å². The van der Waals surface area contributed by atoms with Gasteiger partial charge in [0.15, 0.2) is 0 Å². The van der Waals surface area contributed by atoms with Crippen LogP contribution in [0.5, 0.6) is 0 Å². The maximum Gasteiger partial charge on any atom is 0.424 e. The summed E-state index contributed by atoms with van der Waals surface area (Å²) in [7, 11) is -3.55. The van der Waals surface area contributed by atoms with Crippen molar-refractivity contribution in [1.29, 1.82) is 0 Å². The topological polar surface area (TPSA) is 78.9 Å². The lowest BCUT2D eigenvalue weighted by Crippen LogP contribution is -2.30. The molecule has 0 unspecified atom stereocenters. The van der Waals surface area contributed by atoms with Crippen molar-refractivity contribution in [2.24, 2.45) is 0 Å². The van der Waals surface area contributed by atoms with Crippen molar-refractivity contribution >= 4 is 28.3 Å². The van der Waals surface area contributed by atoms with Crippen molar-refractivity contribution in [2.75, 3.05) is 19.5 Å². The fourth-order valence-corrected chi connectivity index (χ4v) is 2.44. The molecule has 1 aliphatic heterocycles. The molecule has 1 fully saturated rings. The maximum atomic E-state index is 10.9. The lowest BCUT2D eigenvalue weighted by molar-refractivity contribution is 0.0407. The van der Waals surface area contributed by atoms with E-state index in [0.29, 0.717) is 0 Å². The first-order valence-corrected chi connectivity index (χ1v) is 7.52. The number of hydrogen-bond donors (Lipinski definition) is 0. The van der Waals surface area contributed by atoms with Crippen LogP contribution in [0.4, 0.5) is 0 Å². The summed E-state index contributed by atoms with van der Waals surface area (Å²) < 4.78 is 45.7. The van der Waals surface area contributed by atoms with Gasteiger partial charge < -0.3 is 0 Å².